The lowest BCUT2D eigenvalue weighted by Crippen LogP contribution is -2.29. The zero-order valence-corrected chi connectivity index (χ0v) is 8.03. The average Bonchev–Trinajstić information content (AvgIpc) is 2.78. The van der Waals surface area contributed by atoms with Crippen LogP contribution in [0.1, 0.15) is 12.2 Å². The molecule has 3 rings (SSSR count). The Bertz CT molecular complexity index is 421. The van der Waals surface area contributed by atoms with Crippen LogP contribution in [0.2, 0.25) is 0 Å². The Hall–Kier alpha value is -1.57. The second kappa shape index (κ2) is 2.98. The van der Waals surface area contributed by atoms with Gasteiger partial charge in [0.25, 0.3) is 5.82 Å². The van der Waals surface area contributed by atoms with Gasteiger partial charge in [0.2, 0.25) is 0 Å². The molecule has 0 aliphatic carbocycles. The van der Waals surface area contributed by atoms with Gasteiger partial charge in [0.1, 0.15) is 6.20 Å². The summed E-state index contributed by atoms with van der Waals surface area (Å²) in [5, 5.41) is 0. The lowest BCUT2D eigenvalue weighted by molar-refractivity contribution is -0.689. The van der Waals surface area contributed by atoms with Crippen LogP contribution >= 0.6 is 0 Å². The van der Waals surface area contributed by atoms with Gasteiger partial charge in [-0.15, -0.1) is 0 Å². The fraction of sp³-hybridized carbons (Fsp3) is 0.250. The van der Waals surface area contributed by atoms with Crippen molar-refractivity contribution in [2.24, 2.45) is 0 Å². The summed E-state index contributed by atoms with van der Waals surface area (Å²) in [5.74, 6) is 1.36. The van der Waals surface area contributed by atoms with E-state index < -0.39 is 0 Å². The predicted molar refractivity (Wildman–Crippen MR) is 54.7 cm³/mol. The van der Waals surface area contributed by atoms with Gasteiger partial charge in [-0.05, 0) is 6.42 Å². The van der Waals surface area contributed by atoms with Gasteiger partial charge < -0.3 is 0 Å². The molecule has 70 valence electrons. The summed E-state index contributed by atoms with van der Waals surface area (Å²) in [5.41, 5.74) is 2.51. The van der Waals surface area contributed by atoms with Crippen molar-refractivity contribution in [2.75, 3.05) is 0 Å². The van der Waals surface area contributed by atoms with E-state index >= 15 is 0 Å². The molecule has 14 heavy (non-hydrogen) atoms. The van der Waals surface area contributed by atoms with Crippen LogP contribution in [0.5, 0.6) is 0 Å². The monoisotopic (exact) mass is 185 g/mol. The summed E-state index contributed by atoms with van der Waals surface area (Å²) in [7, 11) is 0. The summed E-state index contributed by atoms with van der Waals surface area (Å²) in [4.78, 5) is 3.47. The van der Waals surface area contributed by atoms with Crippen molar-refractivity contribution in [1.29, 1.82) is 0 Å². The van der Waals surface area contributed by atoms with Crippen molar-refractivity contribution in [3.8, 4) is 11.3 Å². The molecule has 2 heteroatoms. The highest BCUT2D eigenvalue weighted by molar-refractivity contribution is 5.57. The predicted octanol–water partition coefficient (Wildman–Crippen LogP) is 1.92. The molecular formula is C12H13N2+. The molecular weight excluding hydrogens is 172 g/mol. The smallest absolute Gasteiger partial charge is 0.241 e. The first-order valence-electron chi connectivity index (χ1n) is 5.10. The first-order valence-corrected chi connectivity index (χ1v) is 5.10. The SMILES string of the molecule is c1ccc(-c2c[n+]3c([nH]2)CCC3)cc1. The number of benzene rings is 1. The molecule has 0 bridgehead atoms. The van der Waals surface area contributed by atoms with E-state index in [-0.39, 0.29) is 0 Å². The number of nitrogens with zero attached hydrogens (tertiary/aromatic N) is 1. The summed E-state index contributed by atoms with van der Waals surface area (Å²) < 4.78 is 2.32. The Kier molecular flexibility index (Phi) is 1.66. The Balaban J connectivity index is 2.06. The second-order valence-corrected chi connectivity index (χ2v) is 3.78. The van der Waals surface area contributed by atoms with E-state index in [0.29, 0.717) is 0 Å². The van der Waals surface area contributed by atoms with Crippen LogP contribution < -0.4 is 4.57 Å². The number of aryl methyl sites for hydroxylation is 2. The standard InChI is InChI=1S/C12H12N2/c1-2-5-10(6-3-1)11-9-14-8-4-7-12(14)13-11/h1-3,5-6,9H,4,7-8H2/p+1. The largest absolute Gasteiger partial charge is 0.254 e. The van der Waals surface area contributed by atoms with Gasteiger partial charge in [0.05, 0.1) is 13.0 Å². The fourth-order valence-electron chi connectivity index (χ4n) is 2.08. The molecule has 2 nitrogen and oxygen atoms in total. The van der Waals surface area contributed by atoms with Gasteiger partial charge in [-0.25, -0.2) is 9.55 Å². The minimum Gasteiger partial charge on any atom is -0.241 e. The van der Waals surface area contributed by atoms with Gasteiger partial charge in [-0.2, -0.15) is 0 Å². The lowest BCUT2D eigenvalue weighted by Gasteiger charge is -1.91. The lowest BCUT2D eigenvalue weighted by atomic mass is 10.2. The van der Waals surface area contributed by atoms with E-state index in [0.717, 1.165) is 0 Å². The first kappa shape index (κ1) is 7.80. The summed E-state index contributed by atoms with van der Waals surface area (Å²) in [6, 6.07) is 10.5. The minimum atomic E-state index is 1.17. The van der Waals surface area contributed by atoms with E-state index in [2.05, 4.69) is 40.0 Å². The highest BCUT2D eigenvalue weighted by Crippen LogP contribution is 2.17. The third-order valence-electron chi connectivity index (χ3n) is 2.81. The summed E-state index contributed by atoms with van der Waals surface area (Å²) in [6.45, 7) is 1.17. The van der Waals surface area contributed by atoms with Crippen LogP contribution in [0.15, 0.2) is 36.5 Å². The number of hydrogen-bond donors (Lipinski definition) is 1. The van der Waals surface area contributed by atoms with E-state index in [1.54, 1.807) is 0 Å². The number of rotatable bonds is 1. The van der Waals surface area contributed by atoms with Crippen molar-refractivity contribution in [1.82, 2.24) is 4.98 Å². The Morgan fingerprint density at radius 1 is 1.14 bits per heavy atom. The number of fused-ring (bicyclic) bond motifs is 1. The van der Waals surface area contributed by atoms with Crippen LogP contribution in [0.4, 0.5) is 0 Å². The van der Waals surface area contributed by atoms with E-state index in [9.17, 15) is 0 Å². The molecule has 2 aromatic rings. The quantitative estimate of drug-likeness (QED) is 0.655. The number of imidazole rings is 1. The first-order chi connectivity index (χ1) is 6.93. The molecule has 0 spiro atoms. The Morgan fingerprint density at radius 3 is 2.79 bits per heavy atom. The molecule has 0 saturated carbocycles. The highest BCUT2D eigenvalue weighted by atomic mass is 15.1. The minimum absolute atomic E-state index is 1.17. The molecule has 1 aromatic heterocycles. The third kappa shape index (κ3) is 1.15. The molecule has 0 unspecified atom stereocenters. The molecule has 0 fully saturated rings. The Morgan fingerprint density at radius 2 is 2.00 bits per heavy atom. The topological polar surface area (TPSA) is 19.7 Å². The van der Waals surface area contributed by atoms with Crippen LogP contribution in [0.3, 0.4) is 0 Å². The number of H-pyrrole nitrogens is 1. The molecule has 0 amide bonds. The highest BCUT2D eigenvalue weighted by Gasteiger charge is 2.21. The number of hydrogen-bond acceptors (Lipinski definition) is 0. The molecule has 1 aliphatic heterocycles. The fourth-order valence-corrected chi connectivity index (χ4v) is 2.08. The van der Waals surface area contributed by atoms with Gasteiger partial charge >= 0.3 is 0 Å². The average molecular weight is 185 g/mol. The van der Waals surface area contributed by atoms with Crippen molar-refractivity contribution in [3.63, 3.8) is 0 Å². The van der Waals surface area contributed by atoms with Crippen molar-refractivity contribution in [2.45, 2.75) is 19.4 Å². The number of aromatic amines is 1. The number of nitrogens with one attached hydrogen (secondary N) is 1. The van der Waals surface area contributed by atoms with Gasteiger partial charge in [-0.3, -0.25) is 0 Å². The van der Waals surface area contributed by atoms with Gasteiger partial charge in [0.15, 0.2) is 5.69 Å². The Labute approximate surface area is 83.2 Å². The van der Waals surface area contributed by atoms with E-state index in [1.165, 1.54) is 36.5 Å². The van der Waals surface area contributed by atoms with Gasteiger partial charge in [-0.1, -0.05) is 30.3 Å². The van der Waals surface area contributed by atoms with Crippen LogP contribution in [0.25, 0.3) is 11.3 Å². The molecule has 1 aliphatic rings. The third-order valence-corrected chi connectivity index (χ3v) is 2.81. The maximum absolute atomic E-state index is 3.47. The van der Waals surface area contributed by atoms with Crippen LogP contribution in [-0.4, -0.2) is 4.98 Å². The second-order valence-electron chi connectivity index (χ2n) is 3.78. The molecule has 0 atom stereocenters. The number of aromatic nitrogens is 2. The van der Waals surface area contributed by atoms with Crippen LogP contribution in [0, 0.1) is 0 Å². The van der Waals surface area contributed by atoms with Crippen molar-refractivity contribution >= 4 is 0 Å². The zero-order valence-electron chi connectivity index (χ0n) is 8.03. The van der Waals surface area contributed by atoms with Crippen molar-refractivity contribution in [3.05, 3.63) is 42.4 Å². The van der Waals surface area contributed by atoms with Gasteiger partial charge in [0, 0.05) is 5.56 Å². The molecule has 0 radical (unpaired) electrons. The van der Waals surface area contributed by atoms with E-state index in [1.807, 2.05) is 6.07 Å². The van der Waals surface area contributed by atoms with Crippen LogP contribution in [-0.2, 0) is 13.0 Å². The molecule has 1 aromatic carbocycles. The summed E-state index contributed by atoms with van der Waals surface area (Å²) in [6.07, 6.45) is 4.69. The maximum Gasteiger partial charge on any atom is 0.254 e. The maximum atomic E-state index is 3.47. The molecule has 2 heterocycles. The molecule has 1 N–H and O–H groups in total. The molecule has 0 saturated heterocycles. The normalized spacial score (nSPS) is 14.3. The summed E-state index contributed by atoms with van der Waals surface area (Å²) >= 11 is 0. The van der Waals surface area contributed by atoms with Crippen molar-refractivity contribution < 1.29 is 4.57 Å². The zero-order chi connectivity index (χ0) is 9.38. The van der Waals surface area contributed by atoms with E-state index in [4.69, 9.17) is 0 Å².